The summed E-state index contributed by atoms with van der Waals surface area (Å²) < 4.78 is 63.7. The molecule has 17 heteroatoms. The van der Waals surface area contributed by atoms with E-state index in [0.717, 1.165) is 41.1 Å². The Bertz CT molecular complexity index is 1900. The topological polar surface area (TPSA) is 237 Å². The summed E-state index contributed by atoms with van der Waals surface area (Å²) in [6.07, 6.45) is -5.08. The van der Waals surface area contributed by atoms with E-state index in [0.29, 0.717) is 5.56 Å². The number of anilines is 1. The molecule has 43 heavy (non-hydrogen) atoms. The van der Waals surface area contributed by atoms with E-state index in [1.807, 2.05) is 0 Å². The maximum Gasteiger partial charge on any atom is 0.490 e. The van der Waals surface area contributed by atoms with Gasteiger partial charge in [0.25, 0.3) is 5.69 Å². The molecule has 0 saturated carbocycles. The number of nitrogens with one attached hydrogen (secondary N) is 1. The number of sulfone groups is 1. The Kier molecular flexibility index (Phi) is 8.90. The summed E-state index contributed by atoms with van der Waals surface area (Å²) in [5.41, 5.74) is 10.9. The van der Waals surface area contributed by atoms with Gasteiger partial charge < -0.3 is 26.4 Å². The monoisotopic (exact) mass is 620 g/mol. The molecule has 0 fully saturated rings. The van der Waals surface area contributed by atoms with Crippen LogP contribution < -0.4 is 16.2 Å². The highest BCUT2D eigenvalue weighted by Gasteiger charge is 2.38. The Morgan fingerprint density at radius 1 is 0.930 bits per heavy atom. The van der Waals surface area contributed by atoms with Gasteiger partial charge in [-0.2, -0.15) is 13.2 Å². The summed E-state index contributed by atoms with van der Waals surface area (Å²) in [5.74, 6) is -4.36. The number of benzene rings is 4. The van der Waals surface area contributed by atoms with Crippen molar-refractivity contribution in [2.75, 3.05) is 5.73 Å². The molecule has 0 spiro atoms. The van der Waals surface area contributed by atoms with Gasteiger partial charge in [0.2, 0.25) is 9.84 Å². The van der Waals surface area contributed by atoms with Gasteiger partial charge in [-0.1, -0.05) is 24.3 Å². The summed E-state index contributed by atoms with van der Waals surface area (Å²) in [6, 6.07) is 16.3. The van der Waals surface area contributed by atoms with E-state index < -0.39 is 49.0 Å². The van der Waals surface area contributed by atoms with Crippen LogP contribution in [0.5, 0.6) is 11.5 Å². The van der Waals surface area contributed by atoms with E-state index in [4.69, 9.17) is 31.5 Å². The molecule has 224 valence electrons. The fourth-order valence-electron chi connectivity index (χ4n) is 3.52. The van der Waals surface area contributed by atoms with Gasteiger partial charge in [-0.15, -0.1) is 0 Å². The lowest BCUT2D eigenvalue weighted by molar-refractivity contribution is -0.385. The van der Waals surface area contributed by atoms with Crippen LogP contribution in [0.2, 0.25) is 0 Å². The van der Waals surface area contributed by atoms with E-state index in [1.165, 1.54) is 6.07 Å². The summed E-state index contributed by atoms with van der Waals surface area (Å²) in [4.78, 5) is 30.3. The lowest BCUT2D eigenvalue weighted by atomic mass is 10.1. The number of amidine groups is 1. The molecule has 4 aromatic rings. The summed E-state index contributed by atoms with van der Waals surface area (Å²) >= 11 is 0. The van der Waals surface area contributed by atoms with Gasteiger partial charge in [-0.25, -0.2) is 18.0 Å². The van der Waals surface area contributed by atoms with Crippen molar-refractivity contribution in [1.29, 1.82) is 5.41 Å². The average Bonchev–Trinajstić information content (AvgIpc) is 2.93. The van der Waals surface area contributed by atoms with Crippen molar-refractivity contribution in [2.24, 2.45) is 5.73 Å². The third-order valence-electron chi connectivity index (χ3n) is 5.56. The Morgan fingerprint density at radius 3 is 2.09 bits per heavy atom. The standard InChI is InChI=1S/C24H18N4O7S.C2HF3O2/c25-21-12-19(36(33,34)18-3-1-2-16(10-18)28(31)32)11-20(24(29)30)22(21)35-17-7-6-13-8-15(23(26)27)5-4-14(13)9-17;3-2(4,5)1(6)7/h1-12H,25H2,(H3,26,27)(H,29,30);(H,6,7). The molecule has 0 aliphatic rings. The number of carboxylic acids is 2. The number of ether oxygens (including phenoxy) is 1. The summed E-state index contributed by atoms with van der Waals surface area (Å²) in [7, 11) is -4.33. The number of halogens is 3. The van der Waals surface area contributed by atoms with E-state index in [2.05, 4.69) is 0 Å². The largest absolute Gasteiger partial charge is 0.490 e. The van der Waals surface area contributed by atoms with Gasteiger partial charge in [0, 0.05) is 17.7 Å². The zero-order valence-corrected chi connectivity index (χ0v) is 22.1. The van der Waals surface area contributed by atoms with Gasteiger partial charge in [-0.3, -0.25) is 15.5 Å². The first-order valence-electron chi connectivity index (χ1n) is 11.4. The number of nitrogen functional groups attached to an aromatic ring is 2. The van der Waals surface area contributed by atoms with Gasteiger partial charge in [0.15, 0.2) is 5.75 Å². The van der Waals surface area contributed by atoms with E-state index in [1.54, 1.807) is 36.4 Å². The minimum Gasteiger partial charge on any atom is -0.478 e. The molecule has 13 nitrogen and oxygen atoms in total. The number of rotatable bonds is 7. The van der Waals surface area contributed by atoms with Crippen LogP contribution in [-0.4, -0.2) is 47.5 Å². The second-order valence-electron chi connectivity index (χ2n) is 8.49. The molecular weight excluding hydrogens is 601 g/mol. The second kappa shape index (κ2) is 12.0. The number of aliphatic carboxylic acids is 1. The number of hydrogen-bond donors (Lipinski definition) is 5. The Morgan fingerprint density at radius 2 is 1.53 bits per heavy atom. The minimum atomic E-state index is -5.08. The predicted molar refractivity (Wildman–Crippen MR) is 145 cm³/mol. The van der Waals surface area contributed by atoms with Crippen LogP contribution in [0, 0.1) is 15.5 Å². The fourth-order valence-corrected chi connectivity index (χ4v) is 4.89. The van der Waals surface area contributed by atoms with Crippen molar-refractivity contribution in [2.45, 2.75) is 16.0 Å². The molecule has 0 radical (unpaired) electrons. The summed E-state index contributed by atoms with van der Waals surface area (Å²) in [6.45, 7) is 0. The number of hydrogen-bond acceptors (Lipinski definition) is 9. The molecule has 0 amide bonds. The number of aromatic carboxylic acids is 1. The summed E-state index contributed by atoms with van der Waals surface area (Å²) in [5, 5.41) is 36.9. The van der Waals surface area contributed by atoms with E-state index >= 15 is 0 Å². The van der Waals surface area contributed by atoms with Gasteiger partial charge >= 0.3 is 18.1 Å². The van der Waals surface area contributed by atoms with Crippen LogP contribution in [0.25, 0.3) is 10.8 Å². The third kappa shape index (κ3) is 7.33. The molecule has 0 bridgehead atoms. The maximum atomic E-state index is 13.1. The molecule has 0 heterocycles. The zero-order valence-electron chi connectivity index (χ0n) is 21.3. The predicted octanol–water partition coefficient (Wildman–Crippen LogP) is 4.57. The van der Waals surface area contributed by atoms with Crippen molar-refractivity contribution in [3.63, 3.8) is 0 Å². The number of non-ortho nitro benzene ring substituents is 1. The Labute approximate surface area is 239 Å². The van der Waals surface area contributed by atoms with Crippen LogP contribution in [0.15, 0.2) is 82.6 Å². The SMILES string of the molecule is N=C(N)c1ccc2cc(Oc3c(N)cc(S(=O)(=O)c4cccc([N+](=O)[O-])c4)cc3C(=O)O)ccc2c1.O=C(O)C(F)(F)F. The van der Waals surface area contributed by atoms with Gasteiger partial charge in [-0.05, 0) is 47.2 Å². The van der Waals surface area contributed by atoms with E-state index in [9.17, 15) is 41.6 Å². The second-order valence-corrected chi connectivity index (χ2v) is 10.4. The van der Waals surface area contributed by atoms with Gasteiger partial charge in [0.05, 0.1) is 20.4 Å². The van der Waals surface area contributed by atoms with Gasteiger partial charge in [0.1, 0.15) is 17.1 Å². The van der Waals surface area contributed by atoms with Crippen LogP contribution in [0.1, 0.15) is 15.9 Å². The first kappa shape index (κ1) is 31.8. The van der Waals surface area contributed by atoms with Crippen molar-refractivity contribution in [1.82, 2.24) is 0 Å². The number of nitrogens with zero attached hydrogens (tertiary/aromatic N) is 1. The van der Waals surface area contributed by atoms with Crippen LogP contribution >= 0.6 is 0 Å². The molecular formula is C26H19F3N4O9S. The molecule has 7 N–H and O–H groups in total. The molecule has 0 unspecified atom stereocenters. The highest BCUT2D eigenvalue weighted by Crippen LogP contribution is 2.37. The number of nitrogens with two attached hydrogens (primary N) is 2. The quantitative estimate of drug-likeness (QED) is 0.0630. The molecule has 0 aliphatic carbocycles. The molecule has 0 aliphatic heterocycles. The van der Waals surface area contributed by atoms with Crippen molar-refractivity contribution >= 4 is 49.8 Å². The molecule has 0 saturated heterocycles. The number of nitro benzene ring substituents is 1. The average molecular weight is 621 g/mol. The normalized spacial score (nSPS) is 11.2. The molecule has 4 aromatic carbocycles. The third-order valence-corrected chi connectivity index (χ3v) is 7.29. The first-order chi connectivity index (χ1) is 19.9. The zero-order chi connectivity index (χ0) is 32.3. The number of fused-ring (bicyclic) bond motifs is 1. The number of carboxylic acid groups (broad SMARTS) is 2. The lowest BCUT2D eigenvalue weighted by Crippen LogP contribution is -2.21. The van der Waals surface area contributed by atoms with Crippen LogP contribution in [0.3, 0.4) is 0 Å². The van der Waals surface area contributed by atoms with Crippen LogP contribution in [0.4, 0.5) is 24.5 Å². The Hall–Kier alpha value is -5.71. The molecule has 0 atom stereocenters. The fraction of sp³-hybridized carbons (Fsp3) is 0.0385. The van der Waals surface area contributed by atoms with E-state index in [-0.39, 0.29) is 27.9 Å². The number of alkyl halides is 3. The minimum absolute atomic E-state index is 0.0868. The maximum absolute atomic E-state index is 13.1. The number of carbonyl (C=O) groups is 2. The number of nitro groups is 1. The van der Waals surface area contributed by atoms with Crippen molar-refractivity contribution in [3.8, 4) is 11.5 Å². The first-order valence-corrected chi connectivity index (χ1v) is 12.9. The lowest BCUT2D eigenvalue weighted by Gasteiger charge is -2.14. The van der Waals surface area contributed by atoms with Crippen molar-refractivity contribution in [3.05, 3.63) is 94.0 Å². The molecule has 0 aromatic heterocycles. The highest BCUT2D eigenvalue weighted by molar-refractivity contribution is 7.91. The molecule has 4 rings (SSSR count). The highest BCUT2D eigenvalue weighted by atomic mass is 32.2. The smallest absolute Gasteiger partial charge is 0.478 e. The van der Waals surface area contributed by atoms with Crippen LogP contribution in [-0.2, 0) is 14.6 Å². The Balaban J connectivity index is 0.000000646. The van der Waals surface area contributed by atoms with Crippen molar-refractivity contribution < 1.29 is 51.1 Å².